The molecule has 0 radical (unpaired) electrons. The lowest BCUT2D eigenvalue weighted by Gasteiger charge is -2.37. The fraction of sp³-hybridized carbons (Fsp3) is 0.348. The van der Waals surface area contributed by atoms with Crippen LogP contribution in [0.3, 0.4) is 0 Å². The van der Waals surface area contributed by atoms with Crippen molar-refractivity contribution in [3.8, 4) is 0 Å². The second kappa shape index (κ2) is 9.59. The first-order valence-electron chi connectivity index (χ1n) is 10.7. The van der Waals surface area contributed by atoms with Crippen molar-refractivity contribution in [1.82, 2.24) is 14.8 Å². The van der Waals surface area contributed by atoms with Crippen molar-refractivity contribution in [1.29, 1.82) is 0 Å². The van der Waals surface area contributed by atoms with Crippen LogP contribution in [0.5, 0.6) is 0 Å². The van der Waals surface area contributed by atoms with Crippen LogP contribution in [0.1, 0.15) is 23.7 Å². The molecule has 2 aliphatic rings. The van der Waals surface area contributed by atoms with Crippen LogP contribution < -0.4 is 5.01 Å². The van der Waals surface area contributed by atoms with Crippen LogP contribution >= 0.6 is 0 Å². The molecule has 3 heterocycles. The number of rotatable bonds is 5. The maximum Gasteiger partial charge on any atom is 0.354 e. The number of carbonyl (C=O) groups excluding carboxylic acids is 3. The van der Waals surface area contributed by atoms with Gasteiger partial charge in [-0.05, 0) is 31.2 Å². The lowest BCUT2D eigenvalue weighted by atomic mass is 10.1. The fourth-order valence-electron chi connectivity index (χ4n) is 3.87. The number of carbonyl (C=O) groups is 3. The van der Waals surface area contributed by atoms with E-state index in [-0.39, 0.29) is 30.6 Å². The summed E-state index contributed by atoms with van der Waals surface area (Å²) in [6.45, 7) is 3.68. The number of piperazine rings is 1. The van der Waals surface area contributed by atoms with Gasteiger partial charge in [-0.2, -0.15) is 5.10 Å². The van der Waals surface area contributed by atoms with Crippen molar-refractivity contribution >= 4 is 29.2 Å². The number of pyridine rings is 1. The monoisotopic (exact) mass is 435 g/mol. The van der Waals surface area contributed by atoms with Gasteiger partial charge in [0.05, 0.1) is 17.9 Å². The highest BCUT2D eigenvalue weighted by Gasteiger charge is 2.39. The summed E-state index contributed by atoms with van der Waals surface area (Å²) in [7, 11) is 0. The SMILES string of the molecule is CCOC(=O)C1=NN(c2ccccc2)C(C(=O)N2CCN(C(=O)c3cccnc3)CC2)C1. The zero-order chi connectivity index (χ0) is 22.5. The van der Waals surface area contributed by atoms with Gasteiger partial charge in [0.15, 0.2) is 0 Å². The maximum atomic E-state index is 13.4. The normalized spacial score (nSPS) is 18.3. The van der Waals surface area contributed by atoms with E-state index in [0.717, 1.165) is 5.69 Å². The largest absolute Gasteiger partial charge is 0.461 e. The van der Waals surface area contributed by atoms with Gasteiger partial charge >= 0.3 is 5.97 Å². The molecule has 2 aromatic rings. The Labute approximate surface area is 186 Å². The van der Waals surface area contributed by atoms with E-state index in [0.29, 0.717) is 31.7 Å². The van der Waals surface area contributed by atoms with Crippen molar-refractivity contribution in [3.05, 3.63) is 60.4 Å². The predicted octanol–water partition coefficient (Wildman–Crippen LogP) is 1.56. The second-order valence-corrected chi connectivity index (χ2v) is 7.53. The molecule has 1 aromatic heterocycles. The molecular weight excluding hydrogens is 410 g/mol. The van der Waals surface area contributed by atoms with Gasteiger partial charge in [-0.25, -0.2) is 4.79 Å². The number of benzene rings is 1. The Kier molecular flexibility index (Phi) is 6.44. The van der Waals surface area contributed by atoms with Crippen molar-refractivity contribution in [2.75, 3.05) is 37.8 Å². The van der Waals surface area contributed by atoms with E-state index in [2.05, 4.69) is 10.1 Å². The Morgan fingerprint density at radius 2 is 1.72 bits per heavy atom. The van der Waals surface area contributed by atoms with Crippen molar-refractivity contribution in [2.45, 2.75) is 19.4 Å². The van der Waals surface area contributed by atoms with E-state index >= 15 is 0 Å². The average Bonchev–Trinajstić information content (AvgIpc) is 3.30. The number of nitrogens with zero attached hydrogens (tertiary/aromatic N) is 5. The summed E-state index contributed by atoms with van der Waals surface area (Å²) in [5, 5.41) is 6.01. The molecule has 4 rings (SSSR count). The Morgan fingerprint density at radius 3 is 2.38 bits per heavy atom. The third kappa shape index (κ3) is 4.46. The first-order valence-corrected chi connectivity index (χ1v) is 10.7. The van der Waals surface area contributed by atoms with Gasteiger partial charge in [0, 0.05) is 45.0 Å². The van der Waals surface area contributed by atoms with Crippen LogP contribution in [0.15, 0.2) is 60.0 Å². The summed E-state index contributed by atoms with van der Waals surface area (Å²) in [6.07, 6.45) is 3.35. The number of esters is 1. The minimum absolute atomic E-state index is 0.0927. The lowest BCUT2D eigenvalue weighted by molar-refractivity contribution is -0.135. The molecule has 1 unspecified atom stereocenters. The number of hydrazone groups is 1. The highest BCUT2D eigenvalue weighted by molar-refractivity contribution is 6.38. The van der Waals surface area contributed by atoms with Gasteiger partial charge in [-0.1, -0.05) is 18.2 Å². The maximum absolute atomic E-state index is 13.4. The molecule has 0 bridgehead atoms. The van der Waals surface area contributed by atoms with Crippen molar-refractivity contribution in [2.24, 2.45) is 5.10 Å². The van der Waals surface area contributed by atoms with Crippen LogP contribution in [0.25, 0.3) is 0 Å². The van der Waals surface area contributed by atoms with Crippen LogP contribution in [-0.2, 0) is 14.3 Å². The fourth-order valence-corrected chi connectivity index (χ4v) is 3.87. The third-order valence-corrected chi connectivity index (χ3v) is 5.51. The molecule has 2 aliphatic heterocycles. The average molecular weight is 435 g/mol. The van der Waals surface area contributed by atoms with Gasteiger partial charge in [0.25, 0.3) is 5.91 Å². The Bertz CT molecular complexity index is 1000. The van der Waals surface area contributed by atoms with Crippen molar-refractivity contribution in [3.63, 3.8) is 0 Å². The van der Waals surface area contributed by atoms with Gasteiger partial charge in [0.2, 0.25) is 5.91 Å². The van der Waals surface area contributed by atoms with Gasteiger partial charge < -0.3 is 14.5 Å². The zero-order valence-electron chi connectivity index (χ0n) is 17.9. The highest BCUT2D eigenvalue weighted by atomic mass is 16.5. The molecule has 2 amide bonds. The number of anilines is 1. The molecule has 9 nitrogen and oxygen atoms in total. The minimum atomic E-state index is -0.627. The summed E-state index contributed by atoms with van der Waals surface area (Å²) in [5.41, 5.74) is 1.50. The molecule has 32 heavy (non-hydrogen) atoms. The van der Waals surface area contributed by atoms with Gasteiger partial charge in [0.1, 0.15) is 11.8 Å². The van der Waals surface area contributed by atoms with Gasteiger partial charge in [-0.15, -0.1) is 0 Å². The minimum Gasteiger partial charge on any atom is -0.461 e. The van der Waals surface area contributed by atoms with E-state index in [9.17, 15) is 14.4 Å². The summed E-state index contributed by atoms with van der Waals surface area (Å²) >= 11 is 0. The van der Waals surface area contributed by atoms with Crippen LogP contribution in [0.4, 0.5) is 5.69 Å². The van der Waals surface area contributed by atoms with E-state index in [1.165, 1.54) is 0 Å². The zero-order valence-corrected chi connectivity index (χ0v) is 17.9. The molecule has 0 spiro atoms. The Balaban J connectivity index is 1.45. The molecular formula is C23H25N5O4. The van der Waals surface area contributed by atoms with E-state index in [4.69, 9.17) is 4.74 Å². The van der Waals surface area contributed by atoms with E-state index < -0.39 is 12.0 Å². The van der Waals surface area contributed by atoms with Gasteiger partial charge in [-0.3, -0.25) is 19.6 Å². The highest BCUT2D eigenvalue weighted by Crippen LogP contribution is 2.26. The molecule has 9 heteroatoms. The Hall–Kier alpha value is -3.75. The quantitative estimate of drug-likeness (QED) is 0.662. The first kappa shape index (κ1) is 21.5. The smallest absolute Gasteiger partial charge is 0.354 e. The molecule has 0 N–H and O–H groups in total. The van der Waals surface area contributed by atoms with Crippen LogP contribution in [0.2, 0.25) is 0 Å². The summed E-state index contributed by atoms with van der Waals surface area (Å²) in [5.74, 6) is -0.717. The number of aromatic nitrogens is 1. The number of amides is 2. The number of para-hydroxylation sites is 1. The molecule has 1 saturated heterocycles. The topological polar surface area (TPSA) is 95.4 Å². The number of ether oxygens (including phenoxy) is 1. The molecule has 1 fully saturated rings. The molecule has 0 aliphatic carbocycles. The first-order chi connectivity index (χ1) is 15.6. The summed E-state index contributed by atoms with van der Waals surface area (Å²) in [4.78, 5) is 45.8. The lowest BCUT2D eigenvalue weighted by Crippen LogP contribution is -2.54. The van der Waals surface area contributed by atoms with E-state index in [1.54, 1.807) is 46.3 Å². The molecule has 1 atom stereocenters. The predicted molar refractivity (Wildman–Crippen MR) is 118 cm³/mol. The summed E-state index contributed by atoms with van der Waals surface area (Å²) < 4.78 is 5.10. The van der Waals surface area contributed by atoms with Crippen molar-refractivity contribution < 1.29 is 19.1 Å². The number of hydrogen-bond donors (Lipinski definition) is 0. The summed E-state index contributed by atoms with van der Waals surface area (Å²) in [6, 6.07) is 12.1. The van der Waals surface area contributed by atoms with Crippen LogP contribution in [0, 0.1) is 0 Å². The number of hydrogen-bond acceptors (Lipinski definition) is 7. The standard InChI is InChI=1S/C23H25N5O4/c1-2-32-23(31)19-15-20(28(25-19)18-8-4-3-5-9-18)22(30)27-13-11-26(12-14-27)21(29)17-7-6-10-24-16-17/h3-10,16,20H,2,11-15H2,1H3. The Morgan fingerprint density at radius 1 is 1.00 bits per heavy atom. The molecule has 166 valence electrons. The third-order valence-electron chi connectivity index (χ3n) is 5.51. The molecule has 0 saturated carbocycles. The van der Waals surface area contributed by atoms with E-state index in [1.807, 2.05) is 30.3 Å². The molecule has 1 aromatic carbocycles. The second-order valence-electron chi connectivity index (χ2n) is 7.53. The van der Waals surface area contributed by atoms with Crippen LogP contribution in [-0.4, -0.2) is 77.1 Å².